The Kier molecular flexibility index (Phi) is 6.12. The van der Waals surface area contributed by atoms with E-state index in [9.17, 15) is 9.59 Å². The fraction of sp³-hybridized carbons (Fsp3) is 0.846. The number of nitrogens with one attached hydrogen (secondary N) is 2. The van der Waals surface area contributed by atoms with Gasteiger partial charge in [-0.15, -0.1) is 0 Å². The van der Waals surface area contributed by atoms with E-state index in [0.717, 1.165) is 12.3 Å². The first-order valence-electron chi connectivity index (χ1n) is 6.80. The zero-order valence-corrected chi connectivity index (χ0v) is 11.4. The largest absolute Gasteiger partial charge is 0.355 e. The van der Waals surface area contributed by atoms with Crippen molar-refractivity contribution in [3.05, 3.63) is 0 Å². The van der Waals surface area contributed by atoms with Gasteiger partial charge in [-0.25, -0.2) is 0 Å². The Morgan fingerprint density at radius 2 is 1.94 bits per heavy atom. The maximum Gasteiger partial charge on any atom is 0.239 e. The zero-order valence-electron chi connectivity index (χ0n) is 11.4. The van der Waals surface area contributed by atoms with Gasteiger partial charge in [0.1, 0.15) is 0 Å². The Hall–Kier alpha value is -1.10. The molecule has 104 valence electrons. The van der Waals surface area contributed by atoms with Gasteiger partial charge < -0.3 is 16.4 Å². The minimum Gasteiger partial charge on any atom is -0.355 e. The SMILES string of the molecule is CC(C)[C@H](N)C(=O)NCC(=O)NCCC1CCC1. The van der Waals surface area contributed by atoms with Crippen molar-refractivity contribution in [1.82, 2.24) is 10.6 Å². The third kappa shape index (κ3) is 5.04. The second-order valence-corrected chi connectivity index (χ2v) is 5.42. The number of amides is 2. The number of hydrogen-bond acceptors (Lipinski definition) is 3. The van der Waals surface area contributed by atoms with Crippen molar-refractivity contribution in [2.45, 2.75) is 45.6 Å². The predicted octanol–water partition coefficient (Wildman–Crippen LogP) is 0.392. The Balaban J connectivity index is 2.06. The van der Waals surface area contributed by atoms with Crippen molar-refractivity contribution >= 4 is 11.8 Å². The van der Waals surface area contributed by atoms with E-state index in [4.69, 9.17) is 5.73 Å². The minimum absolute atomic E-state index is 0.0178. The van der Waals surface area contributed by atoms with Gasteiger partial charge in [-0.05, 0) is 18.3 Å². The molecule has 0 spiro atoms. The Labute approximate surface area is 109 Å². The first-order chi connectivity index (χ1) is 8.50. The summed E-state index contributed by atoms with van der Waals surface area (Å²) in [6.45, 7) is 4.48. The van der Waals surface area contributed by atoms with Crippen molar-refractivity contribution in [3.63, 3.8) is 0 Å². The van der Waals surface area contributed by atoms with E-state index < -0.39 is 6.04 Å². The summed E-state index contributed by atoms with van der Waals surface area (Å²) in [5, 5.41) is 5.36. The molecule has 18 heavy (non-hydrogen) atoms. The van der Waals surface area contributed by atoms with Crippen LogP contribution in [0.3, 0.4) is 0 Å². The van der Waals surface area contributed by atoms with Crippen molar-refractivity contribution in [1.29, 1.82) is 0 Å². The molecule has 0 aromatic rings. The third-order valence-corrected chi connectivity index (χ3v) is 3.54. The van der Waals surface area contributed by atoms with Gasteiger partial charge in [-0.3, -0.25) is 9.59 Å². The van der Waals surface area contributed by atoms with Crippen LogP contribution in [-0.2, 0) is 9.59 Å². The molecular formula is C13H25N3O2. The maximum absolute atomic E-state index is 11.5. The van der Waals surface area contributed by atoms with Gasteiger partial charge in [0, 0.05) is 6.54 Å². The Morgan fingerprint density at radius 1 is 1.28 bits per heavy atom. The summed E-state index contributed by atoms with van der Waals surface area (Å²) in [5.41, 5.74) is 5.67. The van der Waals surface area contributed by atoms with Gasteiger partial charge >= 0.3 is 0 Å². The third-order valence-electron chi connectivity index (χ3n) is 3.54. The van der Waals surface area contributed by atoms with E-state index in [1.54, 1.807) is 0 Å². The molecule has 1 saturated carbocycles. The van der Waals surface area contributed by atoms with Crippen LogP contribution in [0, 0.1) is 11.8 Å². The lowest BCUT2D eigenvalue weighted by molar-refractivity contribution is -0.127. The summed E-state index contributed by atoms with van der Waals surface area (Å²) in [4.78, 5) is 23.0. The van der Waals surface area contributed by atoms with E-state index in [1.807, 2.05) is 13.8 Å². The maximum atomic E-state index is 11.5. The Bertz CT molecular complexity index is 288. The number of nitrogens with two attached hydrogens (primary N) is 1. The van der Waals surface area contributed by atoms with E-state index >= 15 is 0 Å². The molecule has 1 fully saturated rings. The number of carbonyl (C=O) groups excluding carboxylic acids is 2. The minimum atomic E-state index is -0.548. The highest BCUT2D eigenvalue weighted by atomic mass is 16.2. The molecule has 0 saturated heterocycles. The van der Waals surface area contributed by atoms with Crippen LogP contribution in [0.1, 0.15) is 39.5 Å². The topological polar surface area (TPSA) is 84.2 Å². The number of hydrogen-bond donors (Lipinski definition) is 3. The molecule has 0 aliphatic heterocycles. The van der Waals surface area contributed by atoms with E-state index in [0.29, 0.717) is 6.54 Å². The van der Waals surface area contributed by atoms with Crippen LogP contribution in [0.2, 0.25) is 0 Å². The first kappa shape index (κ1) is 15.0. The molecule has 0 radical (unpaired) electrons. The molecule has 0 aromatic heterocycles. The average Bonchev–Trinajstić information content (AvgIpc) is 2.28. The molecule has 5 heteroatoms. The summed E-state index contributed by atoms with van der Waals surface area (Å²) >= 11 is 0. The van der Waals surface area contributed by atoms with Crippen LogP contribution in [0.15, 0.2) is 0 Å². The van der Waals surface area contributed by atoms with Gasteiger partial charge in [-0.2, -0.15) is 0 Å². The van der Waals surface area contributed by atoms with E-state index in [2.05, 4.69) is 10.6 Å². The van der Waals surface area contributed by atoms with Gasteiger partial charge in [-0.1, -0.05) is 33.1 Å². The van der Waals surface area contributed by atoms with Crippen molar-refractivity contribution in [2.75, 3.05) is 13.1 Å². The van der Waals surface area contributed by atoms with Gasteiger partial charge in [0.2, 0.25) is 11.8 Å². The lowest BCUT2D eigenvalue weighted by Gasteiger charge is -2.25. The molecule has 1 atom stereocenters. The average molecular weight is 255 g/mol. The second kappa shape index (κ2) is 7.36. The molecule has 0 heterocycles. The van der Waals surface area contributed by atoms with Crippen LogP contribution < -0.4 is 16.4 Å². The van der Waals surface area contributed by atoms with Gasteiger partial charge in [0.15, 0.2) is 0 Å². The standard InChI is InChI=1S/C13H25N3O2/c1-9(2)12(14)13(18)16-8-11(17)15-7-6-10-4-3-5-10/h9-10,12H,3-8,14H2,1-2H3,(H,15,17)(H,16,18)/t12-/m0/s1. The summed E-state index contributed by atoms with van der Waals surface area (Å²) in [6, 6.07) is -0.548. The fourth-order valence-electron chi connectivity index (χ4n) is 1.85. The van der Waals surface area contributed by atoms with E-state index in [1.165, 1.54) is 19.3 Å². The van der Waals surface area contributed by atoms with Crippen LogP contribution in [0.25, 0.3) is 0 Å². The summed E-state index contributed by atoms with van der Waals surface area (Å²) in [6.07, 6.45) is 4.94. The molecule has 1 aliphatic rings. The van der Waals surface area contributed by atoms with Crippen molar-refractivity contribution in [3.8, 4) is 0 Å². The van der Waals surface area contributed by atoms with Crippen LogP contribution >= 0.6 is 0 Å². The molecule has 1 rings (SSSR count). The summed E-state index contributed by atoms with van der Waals surface area (Å²) in [7, 11) is 0. The van der Waals surface area contributed by atoms with Crippen molar-refractivity contribution < 1.29 is 9.59 Å². The summed E-state index contributed by atoms with van der Waals surface area (Å²) < 4.78 is 0. The highest BCUT2D eigenvalue weighted by molar-refractivity contribution is 5.87. The highest BCUT2D eigenvalue weighted by Gasteiger charge is 2.18. The van der Waals surface area contributed by atoms with Crippen LogP contribution in [0.5, 0.6) is 0 Å². The zero-order chi connectivity index (χ0) is 13.5. The van der Waals surface area contributed by atoms with Crippen molar-refractivity contribution in [2.24, 2.45) is 17.6 Å². The highest BCUT2D eigenvalue weighted by Crippen LogP contribution is 2.28. The normalized spacial score (nSPS) is 17.1. The molecule has 0 aromatic carbocycles. The monoisotopic (exact) mass is 255 g/mol. The smallest absolute Gasteiger partial charge is 0.239 e. The molecule has 0 unspecified atom stereocenters. The number of carbonyl (C=O) groups is 2. The quantitative estimate of drug-likeness (QED) is 0.615. The lowest BCUT2D eigenvalue weighted by atomic mass is 9.83. The molecule has 5 nitrogen and oxygen atoms in total. The second-order valence-electron chi connectivity index (χ2n) is 5.42. The first-order valence-corrected chi connectivity index (χ1v) is 6.80. The number of rotatable bonds is 7. The molecule has 1 aliphatic carbocycles. The fourth-order valence-corrected chi connectivity index (χ4v) is 1.85. The molecule has 4 N–H and O–H groups in total. The van der Waals surface area contributed by atoms with Crippen LogP contribution in [-0.4, -0.2) is 30.9 Å². The lowest BCUT2D eigenvalue weighted by Crippen LogP contribution is -2.47. The van der Waals surface area contributed by atoms with E-state index in [-0.39, 0.29) is 24.3 Å². The molecule has 0 bridgehead atoms. The summed E-state index contributed by atoms with van der Waals surface area (Å²) in [5.74, 6) is 0.457. The Morgan fingerprint density at radius 3 is 2.44 bits per heavy atom. The molecular weight excluding hydrogens is 230 g/mol. The molecule has 2 amide bonds. The predicted molar refractivity (Wildman–Crippen MR) is 70.8 cm³/mol. The van der Waals surface area contributed by atoms with Gasteiger partial charge in [0.05, 0.1) is 12.6 Å². The van der Waals surface area contributed by atoms with Crippen LogP contribution in [0.4, 0.5) is 0 Å². The van der Waals surface area contributed by atoms with Gasteiger partial charge in [0.25, 0.3) is 0 Å².